The molecular weight excluding hydrogens is 354 g/mol. The first-order valence-electron chi connectivity index (χ1n) is 9.18. The number of nitrogens with one attached hydrogen (secondary N) is 1. The van der Waals surface area contributed by atoms with Gasteiger partial charge in [-0.15, -0.1) is 0 Å². The van der Waals surface area contributed by atoms with Crippen LogP contribution in [0.3, 0.4) is 0 Å². The molecule has 0 bridgehead atoms. The molecule has 2 rings (SSSR count). The van der Waals surface area contributed by atoms with Crippen LogP contribution < -0.4 is 5.32 Å². The van der Waals surface area contributed by atoms with Crippen LogP contribution >= 0.6 is 11.8 Å². The van der Waals surface area contributed by atoms with Crippen LogP contribution in [0, 0.1) is 25.2 Å². The Morgan fingerprint density at radius 3 is 2.30 bits per heavy atom. The molecule has 2 aromatic rings. The van der Waals surface area contributed by atoms with E-state index in [0.29, 0.717) is 22.4 Å². The molecule has 4 nitrogen and oxygen atoms in total. The van der Waals surface area contributed by atoms with E-state index in [2.05, 4.69) is 56.2 Å². The molecule has 1 aromatic heterocycles. The number of aromatic nitrogens is 1. The molecular formula is C22H27N3OS. The minimum absolute atomic E-state index is 0.0835. The van der Waals surface area contributed by atoms with Crippen LogP contribution in [0.15, 0.2) is 29.3 Å². The fourth-order valence-corrected chi connectivity index (χ4v) is 3.95. The van der Waals surface area contributed by atoms with E-state index in [-0.39, 0.29) is 11.7 Å². The van der Waals surface area contributed by atoms with Crippen molar-refractivity contribution in [2.24, 2.45) is 0 Å². The zero-order valence-corrected chi connectivity index (χ0v) is 17.7. The van der Waals surface area contributed by atoms with Crippen LogP contribution in [-0.4, -0.2) is 16.6 Å². The third kappa shape index (κ3) is 5.11. The summed E-state index contributed by atoms with van der Waals surface area (Å²) in [6.45, 7) is 12.3. The monoisotopic (exact) mass is 381 g/mol. The summed E-state index contributed by atoms with van der Waals surface area (Å²) >= 11 is 1.31. The number of carbonyl (C=O) groups is 1. The maximum Gasteiger partial charge on any atom is 0.234 e. The zero-order chi connectivity index (χ0) is 20.1. The standard InChI is InChI=1S/C22H27N3OS/c1-13(2)17-8-7-9-18(14(3)4)21(17)25-20(26)12-27-22-19(11-23)15(5)10-16(6)24-22/h7-10,13-14H,12H2,1-6H3,(H,25,26). The minimum Gasteiger partial charge on any atom is -0.325 e. The zero-order valence-electron chi connectivity index (χ0n) is 16.9. The molecule has 27 heavy (non-hydrogen) atoms. The molecule has 142 valence electrons. The Bertz CT molecular complexity index is 856. The van der Waals surface area contributed by atoms with Crippen molar-refractivity contribution in [3.63, 3.8) is 0 Å². The van der Waals surface area contributed by atoms with Gasteiger partial charge in [0.15, 0.2) is 0 Å². The van der Waals surface area contributed by atoms with Gasteiger partial charge in [0.1, 0.15) is 11.1 Å². The number of anilines is 1. The lowest BCUT2D eigenvalue weighted by atomic mass is 9.92. The quantitative estimate of drug-likeness (QED) is 0.666. The number of thioether (sulfide) groups is 1. The molecule has 0 atom stereocenters. The van der Waals surface area contributed by atoms with Crippen LogP contribution in [0.2, 0.25) is 0 Å². The van der Waals surface area contributed by atoms with E-state index in [1.54, 1.807) is 0 Å². The summed E-state index contributed by atoms with van der Waals surface area (Å²) in [4.78, 5) is 17.1. The highest BCUT2D eigenvalue weighted by Gasteiger charge is 2.17. The first kappa shape index (κ1) is 21.0. The lowest BCUT2D eigenvalue weighted by Gasteiger charge is -2.20. The maximum atomic E-state index is 12.7. The first-order valence-corrected chi connectivity index (χ1v) is 10.2. The topological polar surface area (TPSA) is 65.8 Å². The molecule has 0 aliphatic carbocycles. The number of para-hydroxylation sites is 1. The SMILES string of the molecule is Cc1cc(C)c(C#N)c(SCC(=O)Nc2c(C(C)C)cccc2C(C)C)n1. The molecule has 0 aliphatic rings. The number of nitriles is 1. The summed E-state index contributed by atoms with van der Waals surface area (Å²) in [6.07, 6.45) is 0. The van der Waals surface area contributed by atoms with Gasteiger partial charge < -0.3 is 5.32 Å². The lowest BCUT2D eigenvalue weighted by Crippen LogP contribution is -2.18. The Morgan fingerprint density at radius 2 is 1.78 bits per heavy atom. The number of amides is 1. The van der Waals surface area contributed by atoms with Crippen LogP contribution in [0.1, 0.15) is 67.5 Å². The van der Waals surface area contributed by atoms with Crippen LogP contribution in [0.5, 0.6) is 0 Å². The third-order valence-corrected chi connectivity index (χ3v) is 5.38. The largest absolute Gasteiger partial charge is 0.325 e. The number of aryl methyl sites for hydroxylation is 2. The number of hydrogen-bond acceptors (Lipinski definition) is 4. The van der Waals surface area contributed by atoms with Crippen molar-refractivity contribution in [2.45, 2.75) is 58.4 Å². The van der Waals surface area contributed by atoms with Crippen molar-refractivity contribution in [3.8, 4) is 6.07 Å². The molecule has 1 N–H and O–H groups in total. The van der Waals surface area contributed by atoms with Crippen molar-refractivity contribution < 1.29 is 4.79 Å². The van der Waals surface area contributed by atoms with E-state index in [1.165, 1.54) is 11.8 Å². The van der Waals surface area contributed by atoms with Crippen molar-refractivity contribution in [1.29, 1.82) is 5.26 Å². The predicted octanol–water partition coefficient (Wildman–Crippen LogP) is 5.55. The summed E-state index contributed by atoms with van der Waals surface area (Å²) in [5.41, 5.74) is 5.48. The van der Waals surface area contributed by atoms with E-state index in [4.69, 9.17) is 0 Å². The van der Waals surface area contributed by atoms with Gasteiger partial charge in [0.25, 0.3) is 0 Å². The van der Waals surface area contributed by atoms with Gasteiger partial charge in [-0.05, 0) is 48.4 Å². The molecule has 1 heterocycles. The molecule has 0 saturated carbocycles. The summed E-state index contributed by atoms with van der Waals surface area (Å²) < 4.78 is 0. The molecule has 0 unspecified atom stereocenters. The maximum absolute atomic E-state index is 12.7. The van der Waals surface area contributed by atoms with Crippen molar-refractivity contribution >= 4 is 23.4 Å². The van der Waals surface area contributed by atoms with Crippen molar-refractivity contribution in [1.82, 2.24) is 4.98 Å². The normalized spacial score (nSPS) is 10.9. The summed E-state index contributed by atoms with van der Waals surface area (Å²) in [5.74, 6) is 0.768. The highest BCUT2D eigenvalue weighted by Crippen LogP contribution is 2.32. The molecule has 0 aliphatic heterocycles. The van der Waals surface area contributed by atoms with Crippen LogP contribution in [0.4, 0.5) is 5.69 Å². The second-order valence-corrected chi connectivity index (χ2v) is 8.29. The van der Waals surface area contributed by atoms with Crippen molar-refractivity contribution in [3.05, 3.63) is 52.2 Å². The molecule has 0 spiro atoms. The second kappa shape index (κ2) is 9.05. The van der Waals surface area contributed by atoms with E-state index in [0.717, 1.165) is 28.1 Å². The number of benzene rings is 1. The van der Waals surface area contributed by atoms with Gasteiger partial charge in [-0.1, -0.05) is 57.7 Å². The number of carbonyl (C=O) groups excluding carboxylic acids is 1. The summed E-state index contributed by atoms with van der Waals surface area (Å²) in [6, 6.07) is 10.3. The average Bonchev–Trinajstić information content (AvgIpc) is 2.59. The molecule has 0 fully saturated rings. The predicted molar refractivity (Wildman–Crippen MR) is 112 cm³/mol. The number of pyridine rings is 1. The minimum atomic E-state index is -0.0835. The van der Waals surface area contributed by atoms with Crippen LogP contribution in [-0.2, 0) is 4.79 Å². The Hall–Kier alpha value is -2.32. The van der Waals surface area contributed by atoms with Crippen molar-refractivity contribution in [2.75, 3.05) is 11.1 Å². The highest BCUT2D eigenvalue weighted by molar-refractivity contribution is 8.00. The molecule has 0 radical (unpaired) electrons. The Morgan fingerprint density at radius 1 is 1.19 bits per heavy atom. The Balaban J connectivity index is 2.22. The fourth-order valence-electron chi connectivity index (χ4n) is 3.05. The number of rotatable bonds is 6. The van der Waals surface area contributed by atoms with Gasteiger partial charge >= 0.3 is 0 Å². The summed E-state index contributed by atoms with van der Waals surface area (Å²) in [5, 5.41) is 13.1. The number of hydrogen-bond donors (Lipinski definition) is 1. The van der Waals surface area contributed by atoms with Gasteiger partial charge in [0.2, 0.25) is 5.91 Å². The smallest absolute Gasteiger partial charge is 0.234 e. The third-order valence-electron chi connectivity index (χ3n) is 4.40. The highest BCUT2D eigenvalue weighted by atomic mass is 32.2. The van der Waals surface area contributed by atoms with Gasteiger partial charge in [-0.3, -0.25) is 4.79 Å². The average molecular weight is 382 g/mol. The van der Waals surface area contributed by atoms with Gasteiger partial charge in [-0.2, -0.15) is 5.26 Å². The molecule has 1 aromatic carbocycles. The second-order valence-electron chi connectivity index (χ2n) is 7.33. The Labute approximate surface area is 166 Å². The van der Waals surface area contributed by atoms with E-state index in [1.807, 2.05) is 26.0 Å². The Kier molecular flexibility index (Phi) is 7.04. The van der Waals surface area contributed by atoms with Crippen LogP contribution in [0.25, 0.3) is 0 Å². The number of nitrogens with zero attached hydrogens (tertiary/aromatic N) is 2. The summed E-state index contributed by atoms with van der Waals surface area (Å²) in [7, 11) is 0. The lowest BCUT2D eigenvalue weighted by molar-refractivity contribution is -0.113. The van der Waals surface area contributed by atoms with Gasteiger partial charge in [0, 0.05) is 11.4 Å². The molecule has 1 amide bonds. The van der Waals surface area contributed by atoms with E-state index in [9.17, 15) is 10.1 Å². The fraction of sp³-hybridized carbons (Fsp3) is 0.409. The molecule has 0 saturated heterocycles. The van der Waals surface area contributed by atoms with E-state index >= 15 is 0 Å². The first-order chi connectivity index (χ1) is 12.7. The molecule has 5 heteroatoms. The van der Waals surface area contributed by atoms with Gasteiger partial charge in [0.05, 0.1) is 11.3 Å². The van der Waals surface area contributed by atoms with E-state index < -0.39 is 0 Å². The van der Waals surface area contributed by atoms with Gasteiger partial charge in [-0.25, -0.2) is 4.98 Å².